The van der Waals surface area contributed by atoms with Crippen LogP contribution in [0.15, 0.2) is 21.6 Å². The summed E-state index contributed by atoms with van der Waals surface area (Å²) in [7, 11) is 1.48. The van der Waals surface area contributed by atoms with Crippen molar-refractivity contribution in [3.8, 4) is 5.75 Å². The molecule has 0 atom stereocenters. The molecule has 0 saturated carbocycles. The first-order valence-electron chi connectivity index (χ1n) is 4.00. The lowest BCUT2D eigenvalue weighted by molar-refractivity contribution is 0.411. The lowest BCUT2D eigenvalue weighted by Crippen LogP contribution is -2.12. The summed E-state index contributed by atoms with van der Waals surface area (Å²) in [5.41, 5.74) is 5.51. The first kappa shape index (κ1) is 12.3. The molecule has 0 aliphatic heterocycles. The molecule has 0 heterocycles. The van der Waals surface area contributed by atoms with Crippen molar-refractivity contribution in [3.63, 3.8) is 0 Å². The molecule has 0 fully saturated rings. The zero-order valence-electron chi connectivity index (χ0n) is 7.93. The number of ether oxygens (including phenoxy) is 1. The maximum atomic E-state index is 13.4. The Bertz CT molecular complexity index is 398. The van der Waals surface area contributed by atoms with Gasteiger partial charge in [0.1, 0.15) is 23.1 Å². The molecule has 0 aliphatic carbocycles. The number of halogens is 3. The van der Waals surface area contributed by atoms with E-state index < -0.39 is 5.82 Å². The van der Waals surface area contributed by atoms with E-state index in [0.717, 1.165) is 0 Å². The predicted octanol–water partition coefficient (Wildman–Crippen LogP) is 2.82. The van der Waals surface area contributed by atoms with E-state index in [1.54, 1.807) is 0 Å². The fourth-order valence-corrected chi connectivity index (χ4v) is 1.48. The minimum atomic E-state index is -0.490. The van der Waals surface area contributed by atoms with Crippen molar-refractivity contribution in [2.75, 3.05) is 13.0 Å². The van der Waals surface area contributed by atoms with E-state index in [2.05, 4.69) is 20.9 Å². The number of nitrogens with two attached hydrogens (primary N) is 1. The molecule has 0 aromatic heterocycles. The van der Waals surface area contributed by atoms with Crippen LogP contribution in [0.3, 0.4) is 0 Å². The molecule has 1 rings (SSSR count). The highest BCUT2D eigenvalue weighted by atomic mass is 79.9. The van der Waals surface area contributed by atoms with Crippen LogP contribution in [0.4, 0.5) is 10.1 Å². The highest BCUT2D eigenvalue weighted by Crippen LogP contribution is 2.31. The molecule has 2 N–H and O–H groups in total. The third-order valence-electron chi connectivity index (χ3n) is 1.62. The molecule has 1 aromatic carbocycles. The number of benzene rings is 1. The highest BCUT2D eigenvalue weighted by molar-refractivity contribution is 9.10. The van der Waals surface area contributed by atoms with E-state index in [0.29, 0.717) is 10.2 Å². The van der Waals surface area contributed by atoms with Gasteiger partial charge in [-0.15, -0.1) is 11.6 Å². The van der Waals surface area contributed by atoms with Gasteiger partial charge in [-0.05, 0) is 22.0 Å². The van der Waals surface area contributed by atoms with Crippen LogP contribution in [-0.4, -0.2) is 18.8 Å². The third-order valence-corrected chi connectivity index (χ3v) is 2.52. The van der Waals surface area contributed by atoms with Crippen LogP contribution in [0.1, 0.15) is 0 Å². The largest absolute Gasteiger partial charge is 0.495 e. The lowest BCUT2D eigenvalue weighted by Gasteiger charge is -2.05. The minimum absolute atomic E-state index is 0.0534. The van der Waals surface area contributed by atoms with Crippen molar-refractivity contribution in [1.82, 2.24) is 0 Å². The van der Waals surface area contributed by atoms with Crippen LogP contribution in [0.25, 0.3) is 0 Å². The number of hydrogen-bond acceptors (Lipinski definition) is 2. The summed E-state index contributed by atoms with van der Waals surface area (Å²) in [5, 5.41) is 0. The average molecular weight is 296 g/mol. The SMILES string of the molecule is COc1cc(N=C(N)CCl)c(F)cc1Br. The Kier molecular flexibility index (Phi) is 4.35. The molecular weight excluding hydrogens is 286 g/mol. The molecule has 1 aromatic rings. The fraction of sp³-hybridized carbons (Fsp3) is 0.222. The monoisotopic (exact) mass is 294 g/mol. The summed E-state index contributed by atoms with van der Waals surface area (Å²) >= 11 is 8.59. The molecule has 82 valence electrons. The van der Waals surface area contributed by atoms with Gasteiger partial charge in [-0.1, -0.05) is 0 Å². The number of aliphatic imine (C=N–C) groups is 1. The number of nitrogens with zero attached hydrogens (tertiary/aromatic N) is 1. The standard InChI is InChI=1S/C9H9BrClFN2O/c1-15-8-3-7(14-9(13)4-11)6(12)2-5(8)10/h2-3H,4H2,1H3,(H2,13,14). The van der Waals surface area contributed by atoms with Crippen LogP contribution < -0.4 is 10.5 Å². The molecule has 3 nitrogen and oxygen atoms in total. The fourth-order valence-electron chi connectivity index (χ4n) is 0.945. The van der Waals surface area contributed by atoms with Crippen LogP contribution in [0.2, 0.25) is 0 Å². The van der Waals surface area contributed by atoms with Crippen molar-refractivity contribution in [2.24, 2.45) is 10.7 Å². The third kappa shape index (κ3) is 3.07. The van der Waals surface area contributed by atoms with E-state index in [-0.39, 0.29) is 17.4 Å². The van der Waals surface area contributed by atoms with Gasteiger partial charge in [-0.25, -0.2) is 9.38 Å². The number of rotatable bonds is 3. The Labute approximate surface area is 100 Å². The van der Waals surface area contributed by atoms with Crippen LogP contribution in [-0.2, 0) is 0 Å². The Morgan fingerprint density at radius 1 is 1.67 bits per heavy atom. The zero-order chi connectivity index (χ0) is 11.4. The number of alkyl halides is 1. The second-order valence-corrected chi connectivity index (χ2v) is 3.80. The van der Waals surface area contributed by atoms with Gasteiger partial charge >= 0.3 is 0 Å². The molecule has 15 heavy (non-hydrogen) atoms. The second kappa shape index (κ2) is 5.32. The summed E-state index contributed by atoms with van der Waals surface area (Å²) in [6.45, 7) is 0. The summed E-state index contributed by atoms with van der Waals surface area (Å²) in [5.74, 6) is 0.200. The van der Waals surface area contributed by atoms with Gasteiger partial charge in [0.05, 0.1) is 17.5 Å². The predicted molar refractivity (Wildman–Crippen MR) is 62.7 cm³/mol. The maximum absolute atomic E-state index is 13.4. The summed E-state index contributed by atoms with van der Waals surface area (Å²) in [6, 6.07) is 2.71. The van der Waals surface area contributed by atoms with E-state index in [1.807, 2.05) is 0 Å². The van der Waals surface area contributed by atoms with Gasteiger partial charge in [0, 0.05) is 6.07 Å². The van der Waals surface area contributed by atoms with Crippen molar-refractivity contribution < 1.29 is 9.13 Å². The first-order valence-corrected chi connectivity index (χ1v) is 5.33. The molecule has 0 unspecified atom stereocenters. The lowest BCUT2D eigenvalue weighted by atomic mass is 10.3. The Morgan fingerprint density at radius 2 is 2.33 bits per heavy atom. The van der Waals surface area contributed by atoms with Gasteiger partial charge in [-0.2, -0.15) is 0 Å². The maximum Gasteiger partial charge on any atom is 0.150 e. The summed E-state index contributed by atoms with van der Waals surface area (Å²) in [4.78, 5) is 3.81. The van der Waals surface area contributed by atoms with Crippen molar-refractivity contribution in [1.29, 1.82) is 0 Å². The molecular formula is C9H9BrClFN2O. The van der Waals surface area contributed by atoms with E-state index in [1.165, 1.54) is 19.2 Å². The smallest absolute Gasteiger partial charge is 0.150 e. The molecule has 0 spiro atoms. The quantitative estimate of drug-likeness (QED) is 0.529. The molecule has 0 amide bonds. The highest BCUT2D eigenvalue weighted by Gasteiger charge is 2.08. The van der Waals surface area contributed by atoms with E-state index >= 15 is 0 Å². The topological polar surface area (TPSA) is 47.6 Å². The van der Waals surface area contributed by atoms with Gasteiger partial charge < -0.3 is 10.5 Å². The molecule has 6 heteroatoms. The minimum Gasteiger partial charge on any atom is -0.495 e. The first-order chi connectivity index (χ1) is 7.08. The van der Waals surface area contributed by atoms with Crippen molar-refractivity contribution in [3.05, 3.63) is 22.4 Å². The second-order valence-electron chi connectivity index (χ2n) is 2.67. The molecule has 0 saturated heterocycles. The summed E-state index contributed by atoms with van der Waals surface area (Å²) < 4.78 is 18.9. The van der Waals surface area contributed by atoms with Crippen LogP contribution in [0, 0.1) is 5.82 Å². The molecule has 0 radical (unpaired) electrons. The number of hydrogen-bond donors (Lipinski definition) is 1. The molecule has 0 aliphatic rings. The Morgan fingerprint density at radius 3 is 2.87 bits per heavy atom. The van der Waals surface area contributed by atoms with E-state index in [4.69, 9.17) is 22.1 Å². The summed E-state index contributed by atoms with van der Waals surface area (Å²) in [6.07, 6.45) is 0. The van der Waals surface area contributed by atoms with Crippen LogP contribution >= 0.6 is 27.5 Å². The van der Waals surface area contributed by atoms with Gasteiger partial charge in [0.15, 0.2) is 0 Å². The van der Waals surface area contributed by atoms with Crippen molar-refractivity contribution >= 4 is 39.1 Å². The van der Waals surface area contributed by atoms with Gasteiger partial charge in [0.2, 0.25) is 0 Å². The normalized spacial score (nSPS) is 11.6. The van der Waals surface area contributed by atoms with Crippen LogP contribution in [0.5, 0.6) is 5.75 Å². The van der Waals surface area contributed by atoms with E-state index in [9.17, 15) is 4.39 Å². The van der Waals surface area contributed by atoms with Gasteiger partial charge in [0.25, 0.3) is 0 Å². The number of amidine groups is 1. The Balaban J connectivity index is 3.19. The van der Waals surface area contributed by atoms with Crippen molar-refractivity contribution in [2.45, 2.75) is 0 Å². The average Bonchev–Trinajstić information content (AvgIpc) is 2.21. The molecule has 0 bridgehead atoms. The number of methoxy groups -OCH3 is 1. The Hall–Kier alpha value is -0.810. The zero-order valence-corrected chi connectivity index (χ0v) is 10.3. The van der Waals surface area contributed by atoms with Gasteiger partial charge in [-0.3, -0.25) is 0 Å².